The lowest BCUT2D eigenvalue weighted by molar-refractivity contribution is -0.0226. The van der Waals surface area contributed by atoms with Crippen molar-refractivity contribution in [2.75, 3.05) is 59.9 Å². The van der Waals surface area contributed by atoms with Crippen LogP contribution in [0.15, 0.2) is 0 Å². The molecule has 0 aromatic rings. The minimum Gasteiger partial charge on any atom is -0.453 e. The van der Waals surface area contributed by atoms with Crippen LogP contribution in [0.5, 0.6) is 0 Å². The molecule has 0 spiro atoms. The van der Waals surface area contributed by atoms with Crippen molar-refractivity contribution in [1.82, 2.24) is 5.32 Å². The lowest BCUT2D eigenvalue weighted by Crippen LogP contribution is -2.27. The van der Waals surface area contributed by atoms with E-state index in [0.29, 0.717) is 39.6 Å². The van der Waals surface area contributed by atoms with E-state index in [4.69, 9.17) is 24.4 Å². The van der Waals surface area contributed by atoms with Gasteiger partial charge in [0.25, 0.3) is 0 Å². The summed E-state index contributed by atoms with van der Waals surface area (Å²) in [7, 11) is 1.30. The number of methoxy groups -OCH3 is 1. The Balaban J connectivity index is 3.05. The summed E-state index contributed by atoms with van der Waals surface area (Å²) in [6, 6.07) is 0. The summed E-state index contributed by atoms with van der Waals surface area (Å²) in [4.78, 5) is 10.7. The molecule has 0 bridgehead atoms. The maximum absolute atomic E-state index is 10.7. The van der Waals surface area contributed by atoms with E-state index in [-0.39, 0.29) is 13.2 Å². The van der Waals surface area contributed by atoms with Crippen LogP contribution < -0.4 is 5.32 Å². The van der Waals surface area contributed by atoms with E-state index in [9.17, 15) is 4.79 Å². The molecule has 3 N–H and O–H groups in total. The van der Waals surface area contributed by atoms with E-state index >= 15 is 0 Å². The zero-order valence-electron chi connectivity index (χ0n) is 11.2. The van der Waals surface area contributed by atoms with E-state index < -0.39 is 12.2 Å². The molecule has 8 nitrogen and oxygen atoms in total. The summed E-state index contributed by atoms with van der Waals surface area (Å²) in [6.45, 7) is 2.13. The highest BCUT2D eigenvalue weighted by molar-refractivity contribution is 5.66. The van der Waals surface area contributed by atoms with Crippen molar-refractivity contribution in [3.05, 3.63) is 0 Å². The molecular weight excluding hydrogens is 258 g/mol. The average molecular weight is 281 g/mol. The fourth-order valence-corrected chi connectivity index (χ4v) is 1.01. The third-order valence-electron chi connectivity index (χ3n) is 1.97. The van der Waals surface area contributed by atoms with Gasteiger partial charge in [0, 0.05) is 6.54 Å². The molecule has 0 fully saturated rings. The predicted octanol–water partition coefficient (Wildman–Crippen LogP) is -1.25. The molecule has 0 aliphatic carbocycles. The Morgan fingerprint density at radius 1 is 1.11 bits per heavy atom. The Bertz CT molecular complexity index is 215. The van der Waals surface area contributed by atoms with E-state index in [1.807, 2.05) is 0 Å². The third-order valence-corrected chi connectivity index (χ3v) is 1.97. The lowest BCUT2D eigenvalue weighted by atomic mass is 10.4. The van der Waals surface area contributed by atoms with Crippen LogP contribution in [0.4, 0.5) is 4.79 Å². The van der Waals surface area contributed by atoms with Gasteiger partial charge in [-0.05, 0) is 0 Å². The number of aliphatic hydroxyl groups is 2. The molecule has 0 radical (unpaired) electrons. The van der Waals surface area contributed by atoms with Crippen molar-refractivity contribution in [2.45, 2.75) is 6.10 Å². The van der Waals surface area contributed by atoms with Crippen LogP contribution >= 0.6 is 0 Å². The number of amides is 1. The van der Waals surface area contributed by atoms with Gasteiger partial charge < -0.3 is 34.5 Å². The summed E-state index contributed by atoms with van der Waals surface area (Å²) in [5, 5.41) is 20.0. The second-order valence-corrected chi connectivity index (χ2v) is 3.55. The van der Waals surface area contributed by atoms with Gasteiger partial charge in [0.15, 0.2) is 0 Å². The Hall–Kier alpha value is -0.930. The van der Waals surface area contributed by atoms with Crippen molar-refractivity contribution in [2.24, 2.45) is 0 Å². The van der Waals surface area contributed by atoms with E-state index in [1.165, 1.54) is 7.11 Å². The number of hydrogen-bond donors (Lipinski definition) is 3. The van der Waals surface area contributed by atoms with Gasteiger partial charge in [-0.2, -0.15) is 0 Å². The number of hydrogen-bond acceptors (Lipinski definition) is 7. The van der Waals surface area contributed by atoms with E-state index in [0.717, 1.165) is 0 Å². The average Bonchev–Trinajstić information content (AvgIpc) is 2.43. The van der Waals surface area contributed by atoms with Crippen LogP contribution in [0.3, 0.4) is 0 Å². The molecule has 0 saturated carbocycles. The largest absolute Gasteiger partial charge is 0.453 e. The summed E-state index contributed by atoms with van der Waals surface area (Å²) in [5.41, 5.74) is 0. The topological polar surface area (TPSA) is 106 Å². The van der Waals surface area contributed by atoms with Crippen LogP contribution in [0.1, 0.15) is 0 Å². The van der Waals surface area contributed by atoms with Crippen molar-refractivity contribution in [3.8, 4) is 0 Å². The molecule has 8 heteroatoms. The fraction of sp³-hybridized carbons (Fsp3) is 0.909. The Kier molecular flexibility index (Phi) is 12.8. The Morgan fingerprint density at radius 3 is 2.26 bits per heavy atom. The van der Waals surface area contributed by atoms with Gasteiger partial charge in [0.1, 0.15) is 6.10 Å². The molecule has 1 unspecified atom stereocenters. The molecule has 0 aliphatic heterocycles. The molecule has 19 heavy (non-hydrogen) atoms. The van der Waals surface area contributed by atoms with Gasteiger partial charge in [-0.25, -0.2) is 4.79 Å². The molecule has 0 aromatic carbocycles. The minimum atomic E-state index is -0.842. The lowest BCUT2D eigenvalue weighted by Gasteiger charge is -2.09. The molecule has 1 atom stereocenters. The normalized spacial score (nSPS) is 12.2. The zero-order chi connectivity index (χ0) is 14.3. The van der Waals surface area contributed by atoms with Gasteiger partial charge >= 0.3 is 6.09 Å². The monoisotopic (exact) mass is 281 g/mol. The van der Waals surface area contributed by atoms with Gasteiger partial charge in [-0.15, -0.1) is 0 Å². The van der Waals surface area contributed by atoms with Crippen molar-refractivity contribution >= 4 is 6.09 Å². The second kappa shape index (κ2) is 13.5. The highest BCUT2D eigenvalue weighted by Crippen LogP contribution is 1.85. The number of aliphatic hydroxyl groups excluding tert-OH is 2. The number of nitrogens with one attached hydrogen (secondary N) is 1. The third kappa shape index (κ3) is 13.3. The molecule has 0 aromatic heterocycles. The highest BCUT2D eigenvalue weighted by Gasteiger charge is 2.00. The van der Waals surface area contributed by atoms with Crippen LogP contribution in [-0.4, -0.2) is 82.3 Å². The van der Waals surface area contributed by atoms with Crippen LogP contribution in [-0.2, 0) is 18.9 Å². The number of ether oxygens (including phenoxy) is 4. The number of carbonyl (C=O) groups excluding carboxylic acids is 1. The molecule has 0 heterocycles. The van der Waals surface area contributed by atoms with Gasteiger partial charge in [0.05, 0.1) is 53.4 Å². The summed E-state index contributed by atoms with van der Waals surface area (Å²) in [6.07, 6.45) is -1.33. The SMILES string of the molecule is COC(=O)NCCOCCOCCOCC(O)CO. The second-order valence-electron chi connectivity index (χ2n) is 3.55. The minimum absolute atomic E-state index is 0.0928. The summed E-state index contributed by atoms with van der Waals surface area (Å²) in [5.74, 6) is 0. The standard InChI is InChI=1S/C11H23NO7/c1-16-11(15)12-2-3-17-4-5-18-6-7-19-9-10(14)8-13/h10,13-14H,2-9H2,1H3,(H,12,15). The van der Waals surface area contributed by atoms with Gasteiger partial charge in [0.2, 0.25) is 0 Å². The van der Waals surface area contributed by atoms with Gasteiger partial charge in [-0.3, -0.25) is 0 Å². The van der Waals surface area contributed by atoms with Crippen molar-refractivity contribution in [3.63, 3.8) is 0 Å². The maximum atomic E-state index is 10.7. The molecular formula is C11H23NO7. The molecule has 0 rings (SSSR count). The van der Waals surface area contributed by atoms with E-state index in [1.54, 1.807) is 0 Å². The first kappa shape index (κ1) is 18.1. The Morgan fingerprint density at radius 2 is 1.68 bits per heavy atom. The molecule has 0 saturated heterocycles. The number of rotatable bonds is 12. The smallest absolute Gasteiger partial charge is 0.406 e. The summed E-state index contributed by atoms with van der Waals surface area (Å²) >= 11 is 0. The highest BCUT2D eigenvalue weighted by atomic mass is 16.5. The molecule has 1 amide bonds. The van der Waals surface area contributed by atoms with Crippen LogP contribution in [0, 0.1) is 0 Å². The first-order valence-corrected chi connectivity index (χ1v) is 6.04. The molecule has 114 valence electrons. The van der Waals surface area contributed by atoms with Crippen molar-refractivity contribution < 1.29 is 34.0 Å². The predicted molar refractivity (Wildman–Crippen MR) is 66.0 cm³/mol. The quantitative estimate of drug-likeness (QED) is 0.383. The van der Waals surface area contributed by atoms with Crippen LogP contribution in [0.25, 0.3) is 0 Å². The number of alkyl carbamates (subject to hydrolysis) is 1. The van der Waals surface area contributed by atoms with Crippen LogP contribution in [0.2, 0.25) is 0 Å². The summed E-state index contributed by atoms with van der Waals surface area (Å²) < 4.78 is 19.8. The number of carbonyl (C=O) groups is 1. The maximum Gasteiger partial charge on any atom is 0.406 e. The van der Waals surface area contributed by atoms with Gasteiger partial charge in [-0.1, -0.05) is 0 Å². The first-order valence-electron chi connectivity index (χ1n) is 6.04. The fourth-order valence-electron chi connectivity index (χ4n) is 1.01. The Labute approximate surface area is 112 Å². The van der Waals surface area contributed by atoms with Crippen molar-refractivity contribution in [1.29, 1.82) is 0 Å². The van der Waals surface area contributed by atoms with E-state index in [2.05, 4.69) is 10.1 Å². The molecule has 0 aliphatic rings. The first-order chi connectivity index (χ1) is 9.20. The zero-order valence-corrected chi connectivity index (χ0v) is 11.2.